The van der Waals surface area contributed by atoms with Gasteiger partial charge in [0.2, 0.25) is 0 Å². The maximum atomic E-state index is 13.3. The zero-order valence-corrected chi connectivity index (χ0v) is 9.71. The SMILES string of the molecule is Fc1cccc(Cl)c1CC(CCl)CCl. The molecule has 0 heterocycles. The molecule has 4 heteroatoms. The normalized spacial score (nSPS) is 10.9. The van der Waals surface area contributed by atoms with Gasteiger partial charge in [0.1, 0.15) is 5.82 Å². The summed E-state index contributed by atoms with van der Waals surface area (Å²) in [7, 11) is 0. The van der Waals surface area contributed by atoms with Crippen molar-refractivity contribution >= 4 is 34.8 Å². The molecule has 0 unspecified atom stereocenters. The van der Waals surface area contributed by atoms with Gasteiger partial charge in [-0.15, -0.1) is 23.2 Å². The van der Waals surface area contributed by atoms with Crippen LogP contribution in [0.3, 0.4) is 0 Å². The first-order chi connectivity index (χ1) is 6.69. The molecule has 1 aromatic rings. The molecule has 0 amide bonds. The standard InChI is InChI=1S/C10H10Cl3F/c11-5-7(6-12)4-8-9(13)2-1-3-10(8)14/h1-3,7H,4-6H2. The summed E-state index contributed by atoms with van der Waals surface area (Å²) >= 11 is 17.2. The Balaban J connectivity index is 2.84. The van der Waals surface area contributed by atoms with E-state index >= 15 is 0 Å². The van der Waals surface area contributed by atoms with Gasteiger partial charge < -0.3 is 0 Å². The third-order valence-corrected chi connectivity index (χ3v) is 3.22. The van der Waals surface area contributed by atoms with Crippen molar-refractivity contribution in [1.82, 2.24) is 0 Å². The smallest absolute Gasteiger partial charge is 0.127 e. The fraction of sp³-hybridized carbons (Fsp3) is 0.400. The highest BCUT2D eigenvalue weighted by atomic mass is 35.5. The van der Waals surface area contributed by atoms with Crippen LogP contribution in [0.2, 0.25) is 5.02 Å². The number of hydrogen-bond donors (Lipinski definition) is 0. The van der Waals surface area contributed by atoms with Crippen LogP contribution < -0.4 is 0 Å². The zero-order chi connectivity index (χ0) is 10.6. The van der Waals surface area contributed by atoms with Gasteiger partial charge in [0.05, 0.1) is 0 Å². The molecule has 0 aliphatic carbocycles. The second-order valence-corrected chi connectivity index (χ2v) is 4.10. The number of alkyl halides is 2. The topological polar surface area (TPSA) is 0 Å². The maximum Gasteiger partial charge on any atom is 0.127 e. The summed E-state index contributed by atoms with van der Waals surface area (Å²) in [4.78, 5) is 0. The van der Waals surface area contributed by atoms with Gasteiger partial charge >= 0.3 is 0 Å². The third kappa shape index (κ3) is 3.01. The Hall–Kier alpha value is 0.0200. The highest BCUT2D eigenvalue weighted by molar-refractivity contribution is 6.31. The van der Waals surface area contributed by atoms with E-state index in [4.69, 9.17) is 34.8 Å². The number of benzene rings is 1. The second-order valence-electron chi connectivity index (χ2n) is 3.08. The summed E-state index contributed by atoms with van der Waals surface area (Å²) in [5.74, 6) is 0.591. The molecule has 0 nitrogen and oxygen atoms in total. The fourth-order valence-electron chi connectivity index (χ4n) is 1.17. The molecule has 14 heavy (non-hydrogen) atoms. The van der Waals surface area contributed by atoms with E-state index in [2.05, 4.69) is 0 Å². The first kappa shape index (κ1) is 12.1. The monoisotopic (exact) mass is 254 g/mol. The van der Waals surface area contributed by atoms with Crippen LogP contribution in [0.1, 0.15) is 5.56 Å². The van der Waals surface area contributed by atoms with Crippen molar-refractivity contribution in [1.29, 1.82) is 0 Å². The molecule has 0 saturated carbocycles. The summed E-state index contributed by atoms with van der Waals surface area (Å²) in [6.07, 6.45) is 0.485. The lowest BCUT2D eigenvalue weighted by molar-refractivity contribution is 0.579. The van der Waals surface area contributed by atoms with Crippen LogP contribution in [0.4, 0.5) is 4.39 Å². The van der Waals surface area contributed by atoms with Gasteiger partial charge in [0.25, 0.3) is 0 Å². The number of hydrogen-bond acceptors (Lipinski definition) is 0. The summed E-state index contributed by atoms with van der Waals surface area (Å²) in [6, 6.07) is 4.64. The van der Waals surface area contributed by atoms with Gasteiger partial charge in [-0.1, -0.05) is 17.7 Å². The summed E-state index contributed by atoms with van der Waals surface area (Å²) in [5, 5.41) is 0.435. The molecule has 1 rings (SSSR count). The molecule has 0 saturated heterocycles. The van der Waals surface area contributed by atoms with Crippen LogP contribution in [0.15, 0.2) is 18.2 Å². The van der Waals surface area contributed by atoms with Gasteiger partial charge in [-0.05, 0) is 24.5 Å². The molecule has 0 aromatic heterocycles. The largest absolute Gasteiger partial charge is 0.207 e. The molecule has 78 valence electrons. The van der Waals surface area contributed by atoms with Crippen LogP contribution in [-0.2, 0) is 6.42 Å². The van der Waals surface area contributed by atoms with Gasteiger partial charge in [-0.2, -0.15) is 0 Å². The fourth-order valence-corrected chi connectivity index (χ4v) is 1.95. The maximum absolute atomic E-state index is 13.3. The Morgan fingerprint density at radius 1 is 1.21 bits per heavy atom. The molecule has 0 bridgehead atoms. The van der Waals surface area contributed by atoms with E-state index in [9.17, 15) is 4.39 Å². The predicted octanol–water partition coefficient (Wildman–Crippen LogP) is 4.12. The van der Waals surface area contributed by atoms with Crippen molar-refractivity contribution in [2.75, 3.05) is 11.8 Å². The average Bonchev–Trinajstić information content (AvgIpc) is 2.18. The molecular weight excluding hydrogens is 245 g/mol. The molecule has 0 atom stereocenters. The zero-order valence-electron chi connectivity index (χ0n) is 7.44. The minimum atomic E-state index is -0.294. The van der Waals surface area contributed by atoms with Crippen LogP contribution in [0.25, 0.3) is 0 Å². The van der Waals surface area contributed by atoms with Crippen molar-refractivity contribution < 1.29 is 4.39 Å². The van der Waals surface area contributed by atoms with Crippen molar-refractivity contribution in [3.63, 3.8) is 0 Å². The first-order valence-corrected chi connectivity index (χ1v) is 5.68. The van der Waals surface area contributed by atoms with Crippen LogP contribution >= 0.6 is 34.8 Å². The lowest BCUT2D eigenvalue weighted by Crippen LogP contribution is -2.09. The highest BCUT2D eigenvalue weighted by Gasteiger charge is 2.13. The van der Waals surface area contributed by atoms with E-state index < -0.39 is 0 Å². The van der Waals surface area contributed by atoms with Crippen LogP contribution in [-0.4, -0.2) is 11.8 Å². The lowest BCUT2D eigenvalue weighted by Gasteiger charge is -2.11. The molecule has 0 spiro atoms. The average molecular weight is 256 g/mol. The van der Waals surface area contributed by atoms with Crippen molar-refractivity contribution in [3.8, 4) is 0 Å². The predicted molar refractivity (Wildman–Crippen MR) is 60.0 cm³/mol. The van der Waals surface area contributed by atoms with E-state index in [1.807, 2.05) is 0 Å². The van der Waals surface area contributed by atoms with Crippen molar-refractivity contribution in [3.05, 3.63) is 34.6 Å². The van der Waals surface area contributed by atoms with Crippen molar-refractivity contribution in [2.45, 2.75) is 6.42 Å². The summed E-state index contributed by atoms with van der Waals surface area (Å²) in [6.45, 7) is 0. The highest BCUT2D eigenvalue weighted by Crippen LogP contribution is 2.23. The summed E-state index contributed by atoms with van der Waals surface area (Å²) in [5.41, 5.74) is 0.500. The number of rotatable bonds is 4. The second kappa shape index (κ2) is 5.79. The van der Waals surface area contributed by atoms with Gasteiger partial charge in [0, 0.05) is 22.3 Å². The van der Waals surface area contributed by atoms with E-state index in [0.29, 0.717) is 28.8 Å². The van der Waals surface area contributed by atoms with Crippen LogP contribution in [0.5, 0.6) is 0 Å². The minimum absolute atomic E-state index is 0.0627. The molecule has 0 N–H and O–H groups in total. The van der Waals surface area contributed by atoms with E-state index in [1.54, 1.807) is 12.1 Å². The first-order valence-electron chi connectivity index (χ1n) is 4.23. The Labute approximate surface area is 98.0 Å². The molecular formula is C10H10Cl3F. The molecule has 1 aromatic carbocycles. The van der Waals surface area contributed by atoms with E-state index in [0.717, 1.165) is 0 Å². The lowest BCUT2D eigenvalue weighted by atomic mass is 10.0. The third-order valence-electron chi connectivity index (χ3n) is 1.99. The molecule has 0 radical (unpaired) electrons. The Bertz CT molecular complexity index is 277. The van der Waals surface area contributed by atoms with Crippen molar-refractivity contribution in [2.24, 2.45) is 5.92 Å². The molecule has 0 aliphatic heterocycles. The van der Waals surface area contributed by atoms with E-state index in [-0.39, 0.29) is 11.7 Å². The minimum Gasteiger partial charge on any atom is -0.207 e. The van der Waals surface area contributed by atoms with E-state index in [1.165, 1.54) is 6.07 Å². The van der Waals surface area contributed by atoms with Gasteiger partial charge in [-0.25, -0.2) is 4.39 Å². The Morgan fingerprint density at radius 3 is 2.36 bits per heavy atom. The summed E-state index contributed by atoms with van der Waals surface area (Å²) < 4.78 is 13.3. The van der Waals surface area contributed by atoms with Gasteiger partial charge in [-0.3, -0.25) is 0 Å². The van der Waals surface area contributed by atoms with Crippen LogP contribution in [0, 0.1) is 11.7 Å². The Morgan fingerprint density at radius 2 is 1.86 bits per heavy atom. The molecule has 0 aliphatic rings. The quantitative estimate of drug-likeness (QED) is 0.710. The Kier molecular flexibility index (Phi) is 5.00. The van der Waals surface area contributed by atoms with Gasteiger partial charge in [0.15, 0.2) is 0 Å². The molecule has 0 fully saturated rings. The number of halogens is 4.